The molecule has 0 saturated carbocycles. The van der Waals surface area contributed by atoms with Crippen molar-refractivity contribution < 1.29 is 14.6 Å². The van der Waals surface area contributed by atoms with Crippen LogP contribution < -0.4 is 15.8 Å². The molecule has 0 spiro atoms. The number of nitrogens with one attached hydrogen (secondary N) is 2. The minimum absolute atomic E-state index is 0.250. The van der Waals surface area contributed by atoms with Gasteiger partial charge in [0.2, 0.25) is 0 Å². The zero-order valence-electron chi connectivity index (χ0n) is 15.4. The first-order chi connectivity index (χ1) is 13.6. The highest BCUT2D eigenvalue weighted by atomic mass is 32.1. The summed E-state index contributed by atoms with van der Waals surface area (Å²) in [7, 11) is 1.60. The molecule has 1 aliphatic rings. The number of nitrogens with two attached hydrogens (primary N) is 1. The first kappa shape index (κ1) is 19.6. The van der Waals surface area contributed by atoms with Gasteiger partial charge in [-0.3, -0.25) is 4.79 Å². The number of benzene rings is 1. The number of nitrogen functional groups attached to an aromatic ring is 1. The van der Waals surface area contributed by atoms with E-state index in [2.05, 4.69) is 15.3 Å². The molecule has 2 heterocycles. The average molecular weight is 399 g/mol. The number of aromatic nitrogens is 2. The normalized spacial score (nSPS) is 12.5. The number of aryl methyl sites for hydroxylation is 2. The highest BCUT2D eigenvalue weighted by Crippen LogP contribution is 2.40. The molecular formula is C19H21N5O3S. The van der Waals surface area contributed by atoms with E-state index in [9.17, 15) is 0 Å². The number of hydrogen-bond acceptors (Lipinski definition) is 8. The number of carbonyl (C=O) groups is 1. The number of nitrogens with zero attached hydrogens (tertiary/aromatic N) is 2. The summed E-state index contributed by atoms with van der Waals surface area (Å²) in [5.41, 5.74) is 9.22. The predicted molar refractivity (Wildman–Crippen MR) is 111 cm³/mol. The summed E-state index contributed by atoms with van der Waals surface area (Å²) >= 11 is 1.77. The summed E-state index contributed by atoms with van der Waals surface area (Å²) in [6, 6.07) is 3.54. The van der Waals surface area contributed by atoms with Gasteiger partial charge in [0.05, 0.1) is 18.2 Å². The Bertz CT molecular complexity index is 1020. The molecule has 8 nitrogen and oxygen atoms in total. The molecule has 146 valence electrons. The van der Waals surface area contributed by atoms with E-state index < -0.39 is 0 Å². The second-order valence-electron chi connectivity index (χ2n) is 6.17. The fraction of sp³-hybridized carbons (Fsp3) is 0.263. The molecule has 0 amide bonds. The largest absolute Gasteiger partial charge is 0.494 e. The van der Waals surface area contributed by atoms with Crippen molar-refractivity contribution >= 4 is 51.4 Å². The van der Waals surface area contributed by atoms with Crippen molar-refractivity contribution in [2.75, 3.05) is 18.2 Å². The summed E-state index contributed by atoms with van der Waals surface area (Å²) in [6.07, 6.45) is 7.47. The summed E-state index contributed by atoms with van der Waals surface area (Å²) in [5, 5.41) is 18.9. The van der Waals surface area contributed by atoms with Gasteiger partial charge in [-0.1, -0.05) is 0 Å². The third-order valence-corrected chi connectivity index (χ3v) is 5.76. The molecular weight excluding hydrogens is 378 g/mol. The highest BCUT2D eigenvalue weighted by molar-refractivity contribution is 7.19. The Kier molecular flexibility index (Phi) is 6.05. The Morgan fingerprint density at radius 3 is 2.79 bits per heavy atom. The molecule has 1 aromatic carbocycles. The van der Waals surface area contributed by atoms with Gasteiger partial charge in [0, 0.05) is 28.4 Å². The first-order valence-electron chi connectivity index (χ1n) is 8.71. The number of methoxy groups -OCH3 is 1. The molecule has 0 aliphatic heterocycles. The maximum absolute atomic E-state index is 8.36. The molecule has 0 saturated heterocycles. The molecule has 0 fully saturated rings. The Labute approximate surface area is 165 Å². The summed E-state index contributed by atoms with van der Waals surface area (Å²) in [6.45, 7) is -0.250. The van der Waals surface area contributed by atoms with Crippen LogP contribution in [0, 0.1) is 5.41 Å². The third-order valence-electron chi connectivity index (χ3n) is 4.57. The van der Waals surface area contributed by atoms with Crippen LogP contribution in [0.3, 0.4) is 0 Å². The van der Waals surface area contributed by atoms with E-state index in [0.717, 1.165) is 34.6 Å². The van der Waals surface area contributed by atoms with Crippen LogP contribution in [-0.2, 0) is 17.6 Å². The summed E-state index contributed by atoms with van der Waals surface area (Å²) in [5.74, 6) is 1.40. The molecule has 5 N–H and O–H groups in total. The number of rotatable bonds is 4. The quantitative estimate of drug-likeness (QED) is 0.299. The fourth-order valence-electron chi connectivity index (χ4n) is 3.32. The average Bonchev–Trinajstić information content (AvgIpc) is 3.09. The number of fused-ring (bicyclic) bond motifs is 3. The lowest BCUT2D eigenvalue weighted by Gasteiger charge is -2.15. The molecule has 1 aliphatic carbocycles. The standard InChI is InChI=1S/C18H19N5OS.CH2O2/c1-24-14-7-12(20)10(8-19)6-13(14)23-17-16-11-4-2-3-5-15(11)25-18(16)22-9-21-17;2-1-3/h6-9,19H,2-5,20H2,1H3,(H,21,22,23);1H,(H,2,3). The van der Waals surface area contributed by atoms with Crippen LogP contribution in [0.1, 0.15) is 28.8 Å². The molecule has 2 aromatic heterocycles. The summed E-state index contributed by atoms with van der Waals surface area (Å²) < 4.78 is 5.45. The maximum Gasteiger partial charge on any atom is 0.290 e. The lowest BCUT2D eigenvalue weighted by atomic mass is 9.97. The molecule has 3 aromatic rings. The predicted octanol–water partition coefficient (Wildman–Crippen LogP) is 3.60. The Morgan fingerprint density at radius 2 is 2.07 bits per heavy atom. The van der Waals surface area contributed by atoms with E-state index in [0.29, 0.717) is 17.0 Å². The van der Waals surface area contributed by atoms with Gasteiger partial charge >= 0.3 is 0 Å². The van der Waals surface area contributed by atoms with Gasteiger partial charge in [-0.2, -0.15) is 0 Å². The van der Waals surface area contributed by atoms with Gasteiger partial charge in [-0.25, -0.2) is 9.97 Å². The van der Waals surface area contributed by atoms with Gasteiger partial charge in [0.1, 0.15) is 22.7 Å². The van der Waals surface area contributed by atoms with E-state index in [1.165, 1.54) is 29.5 Å². The topological polar surface area (TPSA) is 134 Å². The monoisotopic (exact) mass is 399 g/mol. The van der Waals surface area contributed by atoms with E-state index in [1.54, 1.807) is 30.8 Å². The fourth-order valence-corrected chi connectivity index (χ4v) is 4.55. The second-order valence-corrected chi connectivity index (χ2v) is 7.25. The smallest absolute Gasteiger partial charge is 0.290 e. The molecule has 28 heavy (non-hydrogen) atoms. The molecule has 0 atom stereocenters. The van der Waals surface area contributed by atoms with Crippen molar-refractivity contribution in [3.63, 3.8) is 0 Å². The Morgan fingerprint density at radius 1 is 1.32 bits per heavy atom. The van der Waals surface area contributed by atoms with Gasteiger partial charge in [-0.15, -0.1) is 11.3 Å². The lowest BCUT2D eigenvalue weighted by molar-refractivity contribution is -0.122. The maximum atomic E-state index is 8.36. The van der Waals surface area contributed by atoms with E-state index in [4.69, 9.17) is 25.8 Å². The van der Waals surface area contributed by atoms with E-state index >= 15 is 0 Å². The molecule has 9 heteroatoms. The van der Waals surface area contributed by atoms with Crippen LogP contribution in [0.15, 0.2) is 18.5 Å². The number of carboxylic acid groups (broad SMARTS) is 1. The number of thiophene rings is 1. The Hall–Kier alpha value is -3.20. The van der Waals surface area contributed by atoms with Crippen molar-refractivity contribution in [2.24, 2.45) is 0 Å². The number of ether oxygens (including phenoxy) is 1. The Balaban J connectivity index is 0.000000706. The van der Waals surface area contributed by atoms with Gasteiger partial charge in [-0.05, 0) is 37.3 Å². The van der Waals surface area contributed by atoms with Crippen LogP contribution in [0.4, 0.5) is 17.2 Å². The lowest BCUT2D eigenvalue weighted by Crippen LogP contribution is -2.03. The van der Waals surface area contributed by atoms with Crippen molar-refractivity contribution in [2.45, 2.75) is 25.7 Å². The summed E-state index contributed by atoms with van der Waals surface area (Å²) in [4.78, 5) is 19.7. The third kappa shape index (κ3) is 3.74. The van der Waals surface area contributed by atoms with E-state index in [-0.39, 0.29) is 6.47 Å². The van der Waals surface area contributed by atoms with E-state index in [1.807, 2.05) is 6.07 Å². The van der Waals surface area contributed by atoms with Crippen molar-refractivity contribution in [1.29, 1.82) is 5.41 Å². The number of hydrogen-bond donors (Lipinski definition) is 4. The molecule has 0 unspecified atom stereocenters. The van der Waals surface area contributed by atoms with Gasteiger partial charge in [0.25, 0.3) is 6.47 Å². The zero-order valence-corrected chi connectivity index (χ0v) is 16.2. The second kappa shape index (κ2) is 8.66. The van der Waals surface area contributed by atoms with Crippen LogP contribution in [0.25, 0.3) is 10.2 Å². The molecule has 0 radical (unpaired) electrons. The number of anilines is 3. The minimum Gasteiger partial charge on any atom is -0.494 e. The van der Waals surface area contributed by atoms with Crippen LogP contribution >= 0.6 is 11.3 Å². The SMILES string of the molecule is COc1cc(N)c(C=N)cc1Nc1ncnc2sc3c(c12)CCCC3.O=CO. The van der Waals surface area contributed by atoms with Gasteiger partial charge < -0.3 is 26.3 Å². The van der Waals surface area contributed by atoms with Gasteiger partial charge in [0.15, 0.2) is 0 Å². The zero-order chi connectivity index (χ0) is 20.1. The molecule has 0 bridgehead atoms. The van der Waals surface area contributed by atoms with Crippen molar-refractivity contribution in [3.05, 3.63) is 34.5 Å². The molecule has 4 rings (SSSR count). The minimum atomic E-state index is -0.250. The highest BCUT2D eigenvalue weighted by Gasteiger charge is 2.20. The first-order valence-corrected chi connectivity index (χ1v) is 9.52. The van der Waals surface area contributed by atoms with Crippen LogP contribution in [0.5, 0.6) is 5.75 Å². The van der Waals surface area contributed by atoms with Crippen LogP contribution in [-0.4, -0.2) is 34.9 Å². The van der Waals surface area contributed by atoms with Crippen molar-refractivity contribution in [3.8, 4) is 5.75 Å². The van der Waals surface area contributed by atoms with Crippen LogP contribution in [0.2, 0.25) is 0 Å². The van der Waals surface area contributed by atoms with Crippen molar-refractivity contribution in [1.82, 2.24) is 9.97 Å².